The second-order valence-electron chi connectivity index (χ2n) is 3.78. The topological polar surface area (TPSA) is 25.6 Å². The number of morpholine rings is 1. The second-order valence-corrected chi connectivity index (χ2v) is 3.78. The first kappa shape index (κ1) is 9.74. The van der Waals surface area contributed by atoms with Gasteiger partial charge in [-0.2, -0.15) is 0 Å². The van der Waals surface area contributed by atoms with Crippen LogP contribution in [0.3, 0.4) is 0 Å². The van der Waals surface area contributed by atoms with Gasteiger partial charge in [0, 0.05) is 25.6 Å². The van der Waals surface area contributed by atoms with Crippen molar-refractivity contribution in [3.63, 3.8) is 0 Å². The Bertz CT molecular complexity index is 252. The minimum Gasteiger partial charge on any atom is -0.469 e. The van der Waals surface area contributed by atoms with E-state index >= 15 is 0 Å². The van der Waals surface area contributed by atoms with Gasteiger partial charge < -0.3 is 9.15 Å². The molecule has 0 N–H and O–H groups in total. The van der Waals surface area contributed by atoms with E-state index < -0.39 is 0 Å². The monoisotopic (exact) mass is 195 g/mol. The summed E-state index contributed by atoms with van der Waals surface area (Å²) in [6.45, 7) is 6.06. The first-order chi connectivity index (χ1) is 6.86. The van der Waals surface area contributed by atoms with Gasteiger partial charge in [0.2, 0.25) is 0 Å². The predicted octanol–water partition coefficient (Wildman–Crippen LogP) is 1.54. The van der Waals surface area contributed by atoms with E-state index in [1.807, 2.05) is 12.1 Å². The van der Waals surface area contributed by atoms with Crippen LogP contribution in [0.25, 0.3) is 0 Å². The number of hydrogen-bond donors (Lipinski definition) is 0. The van der Waals surface area contributed by atoms with E-state index in [1.165, 1.54) is 0 Å². The van der Waals surface area contributed by atoms with Crippen LogP contribution in [0.5, 0.6) is 0 Å². The summed E-state index contributed by atoms with van der Waals surface area (Å²) < 4.78 is 10.7. The van der Waals surface area contributed by atoms with Crippen molar-refractivity contribution in [2.75, 3.05) is 26.3 Å². The number of hydrogen-bond acceptors (Lipinski definition) is 3. The molecule has 1 aliphatic heterocycles. The average molecular weight is 195 g/mol. The van der Waals surface area contributed by atoms with E-state index in [1.54, 1.807) is 6.26 Å². The number of nitrogens with zero attached hydrogens (tertiary/aromatic N) is 1. The van der Waals surface area contributed by atoms with Crippen LogP contribution in [0, 0.1) is 0 Å². The van der Waals surface area contributed by atoms with E-state index in [2.05, 4.69) is 11.8 Å². The highest BCUT2D eigenvalue weighted by atomic mass is 16.5. The molecule has 2 heterocycles. The molecule has 1 unspecified atom stereocenters. The Hall–Kier alpha value is -0.800. The van der Waals surface area contributed by atoms with Gasteiger partial charge in [-0.25, -0.2) is 0 Å². The molecule has 1 atom stereocenters. The zero-order chi connectivity index (χ0) is 9.80. The molecule has 2 rings (SSSR count). The van der Waals surface area contributed by atoms with Crippen LogP contribution >= 0.6 is 0 Å². The Labute approximate surface area is 84.6 Å². The smallest absolute Gasteiger partial charge is 0.105 e. The zero-order valence-corrected chi connectivity index (χ0v) is 8.61. The molecule has 0 aliphatic carbocycles. The van der Waals surface area contributed by atoms with E-state index in [-0.39, 0.29) is 0 Å². The Morgan fingerprint density at radius 1 is 1.43 bits per heavy atom. The highest BCUT2D eigenvalue weighted by molar-refractivity contribution is 5.00. The fourth-order valence-electron chi connectivity index (χ4n) is 1.87. The summed E-state index contributed by atoms with van der Waals surface area (Å²) >= 11 is 0. The second kappa shape index (κ2) is 4.62. The summed E-state index contributed by atoms with van der Waals surface area (Å²) in [7, 11) is 0. The normalized spacial score (nSPS) is 20.9. The van der Waals surface area contributed by atoms with Gasteiger partial charge in [-0.1, -0.05) is 0 Å². The highest BCUT2D eigenvalue weighted by Gasteiger charge is 2.17. The third-order valence-corrected chi connectivity index (χ3v) is 2.75. The Morgan fingerprint density at radius 3 is 2.86 bits per heavy atom. The lowest BCUT2D eigenvalue weighted by Crippen LogP contribution is -2.43. The van der Waals surface area contributed by atoms with Crippen molar-refractivity contribution in [2.45, 2.75) is 19.4 Å². The molecule has 0 aromatic carbocycles. The summed E-state index contributed by atoms with van der Waals surface area (Å²) in [6.07, 6.45) is 2.73. The summed E-state index contributed by atoms with van der Waals surface area (Å²) in [5.74, 6) is 1.07. The standard InChI is InChI=1S/C11H17NO2/c1-10(9-11-3-2-6-14-11)12-4-7-13-8-5-12/h2-3,6,10H,4-5,7-9H2,1H3. The van der Waals surface area contributed by atoms with Crippen molar-refractivity contribution in [1.29, 1.82) is 0 Å². The van der Waals surface area contributed by atoms with Gasteiger partial charge in [-0.3, -0.25) is 4.90 Å². The number of rotatable bonds is 3. The lowest BCUT2D eigenvalue weighted by molar-refractivity contribution is 0.0194. The maximum absolute atomic E-state index is 5.34. The largest absolute Gasteiger partial charge is 0.469 e. The third-order valence-electron chi connectivity index (χ3n) is 2.75. The molecule has 78 valence electrons. The van der Waals surface area contributed by atoms with Crippen molar-refractivity contribution in [2.24, 2.45) is 0 Å². The van der Waals surface area contributed by atoms with Gasteiger partial charge in [0.05, 0.1) is 19.5 Å². The van der Waals surface area contributed by atoms with E-state index in [0.717, 1.165) is 38.5 Å². The van der Waals surface area contributed by atoms with Gasteiger partial charge in [0.15, 0.2) is 0 Å². The molecular formula is C11H17NO2. The van der Waals surface area contributed by atoms with Crippen LogP contribution in [-0.2, 0) is 11.2 Å². The molecule has 1 aromatic rings. The maximum atomic E-state index is 5.34. The van der Waals surface area contributed by atoms with Crippen molar-refractivity contribution in [3.05, 3.63) is 24.2 Å². The van der Waals surface area contributed by atoms with E-state index in [9.17, 15) is 0 Å². The molecule has 0 saturated carbocycles. The van der Waals surface area contributed by atoms with Crippen molar-refractivity contribution >= 4 is 0 Å². The third kappa shape index (κ3) is 2.36. The van der Waals surface area contributed by atoms with Crippen LogP contribution in [-0.4, -0.2) is 37.2 Å². The van der Waals surface area contributed by atoms with Crippen LogP contribution in [0.4, 0.5) is 0 Å². The molecule has 1 aromatic heterocycles. The molecule has 3 nitrogen and oxygen atoms in total. The highest BCUT2D eigenvalue weighted by Crippen LogP contribution is 2.10. The zero-order valence-electron chi connectivity index (χ0n) is 8.61. The van der Waals surface area contributed by atoms with Gasteiger partial charge >= 0.3 is 0 Å². The number of furan rings is 1. The molecule has 1 saturated heterocycles. The van der Waals surface area contributed by atoms with Gasteiger partial charge in [-0.15, -0.1) is 0 Å². The van der Waals surface area contributed by atoms with Crippen LogP contribution in [0.2, 0.25) is 0 Å². The van der Waals surface area contributed by atoms with Gasteiger partial charge in [0.25, 0.3) is 0 Å². The van der Waals surface area contributed by atoms with Crippen molar-refractivity contribution in [1.82, 2.24) is 4.90 Å². The van der Waals surface area contributed by atoms with Gasteiger partial charge in [0.1, 0.15) is 5.76 Å². The molecule has 0 spiro atoms. The minimum absolute atomic E-state index is 0.546. The van der Waals surface area contributed by atoms with Crippen molar-refractivity contribution < 1.29 is 9.15 Å². The number of ether oxygens (including phenoxy) is 1. The van der Waals surface area contributed by atoms with E-state index in [0.29, 0.717) is 6.04 Å². The molecule has 0 radical (unpaired) electrons. The minimum atomic E-state index is 0.546. The molecule has 0 amide bonds. The fourth-order valence-corrected chi connectivity index (χ4v) is 1.87. The molecule has 0 bridgehead atoms. The first-order valence-electron chi connectivity index (χ1n) is 5.20. The Kier molecular flexibility index (Phi) is 3.22. The van der Waals surface area contributed by atoms with Gasteiger partial charge in [-0.05, 0) is 19.1 Å². The average Bonchev–Trinajstić information content (AvgIpc) is 2.72. The quantitative estimate of drug-likeness (QED) is 0.731. The van der Waals surface area contributed by atoms with E-state index in [4.69, 9.17) is 9.15 Å². The predicted molar refractivity (Wildman–Crippen MR) is 54.3 cm³/mol. The lowest BCUT2D eigenvalue weighted by Gasteiger charge is -2.31. The molecular weight excluding hydrogens is 178 g/mol. The van der Waals surface area contributed by atoms with Crippen LogP contribution < -0.4 is 0 Å². The molecule has 1 aliphatic rings. The molecule has 14 heavy (non-hydrogen) atoms. The fraction of sp³-hybridized carbons (Fsp3) is 0.636. The Balaban J connectivity index is 1.85. The summed E-state index contributed by atoms with van der Waals surface area (Å²) in [4.78, 5) is 2.45. The summed E-state index contributed by atoms with van der Waals surface area (Å²) in [6, 6.07) is 4.53. The summed E-state index contributed by atoms with van der Waals surface area (Å²) in [5.41, 5.74) is 0. The SMILES string of the molecule is CC(Cc1ccco1)N1CCOCC1. The molecule has 3 heteroatoms. The summed E-state index contributed by atoms with van der Waals surface area (Å²) in [5, 5.41) is 0. The van der Waals surface area contributed by atoms with Crippen LogP contribution in [0.1, 0.15) is 12.7 Å². The van der Waals surface area contributed by atoms with Crippen LogP contribution in [0.15, 0.2) is 22.8 Å². The van der Waals surface area contributed by atoms with Crippen molar-refractivity contribution in [3.8, 4) is 0 Å². The maximum Gasteiger partial charge on any atom is 0.105 e. The lowest BCUT2D eigenvalue weighted by atomic mass is 10.1. The molecule has 1 fully saturated rings. The Morgan fingerprint density at radius 2 is 2.21 bits per heavy atom. The first-order valence-corrected chi connectivity index (χ1v) is 5.20.